The lowest BCUT2D eigenvalue weighted by Crippen LogP contribution is -2.18. The molecule has 0 saturated heterocycles. The number of alkyl halides is 3. The standard InChI is InChI=1S/C20H18F3N5O2S/c1-28-16(11-17(29)25-15-9-5-6-13(10-15)20(21,22)23)26-27-19(28)31-12-18(30)24-14-7-3-2-4-8-14/h2-10H,11-12H2,1H3,(H,24,30)(H,25,29). The zero-order valence-electron chi connectivity index (χ0n) is 16.3. The van der Waals surface area contributed by atoms with Crippen molar-refractivity contribution in [3.05, 3.63) is 66.0 Å². The Bertz CT molecular complexity index is 1070. The van der Waals surface area contributed by atoms with E-state index in [9.17, 15) is 22.8 Å². The molecular formula is C20H18F3N5O2S. The molecule has 2 N–H and O–H groups in total. The van der Waals surface area contributed by atoms with Gasteiger partial charge in [-0.05, 0) is 30.3 Å². The molecule has 0 fully saturated rings. The van der Waals surface area contributed by atoms with Gasteiger partial charge in [0.25, 0.3) is 0 Å². The Morgan fingerprint density at radius 1 is 0.968 bits per heavy atom. The summed E-state index contributed by atoms with van der Waals surface area (Å²) in [6.07, 6.45) is -4.68. The van der Waals surface area contributed by atoms with E-state index in [0.717, 1.165) is 23.9 Å². The van der Waals surface area contributed by atoms with Gasteiger partial charge in [0.1, 0.15) is 5.82 Å². The fourth-order valence-corrected chi connectivity index (χ4v) is 3.33. The molecule has 0 aliphatic rings. The lowest BCUT2D eigenvalue weighted by molar-refractivity contribution is -0.137. The third kappa shape index (κ3) is 6.32. The van der Waals surface area contributed by atoms with Crippen LogP contribution < -0.4 is 10.6 Å². The fourth-order valence-electron chi connectivity index (χ4n) is 2.60. The molecule has 0 aliphatic heterocycles. The van der Waals surface area contributed by atoms with Crippen molar-refractivity contribution in [2.45, 2.75) is 17.8 Å². The predicted molar refractivity (Wildman–Crippen MR) is 111 cm³/mol. The minimum atomic E-state index is -4.50. The van der Waals surface area contributed by atoms with Crippen molar-refractivity contribution in [3.8, 4) is 0 Å². The number of hydrogen-bond acceptors (Lipinski definition) is 5. The quantitative estimate of drug-likeness (QED) is 0.537. The molecule has 1 heterocycles. The van der Waals surface area contributed by atoms with Gasteiger partial charge in [0.2, 0.25) is 11.8 Å². The van der Waals surface area contributed by atoms with Crippen LogP contribution >= 0.6 is 11.8 Å². The zero-order chi connectivity index (χ0) is 22.4. The van der Waals surface area contributed by atoms with E-state index < -0.39 is 17.6 Å². The van der Waals surface area contributed by atoms with Gasteiger partial charge in [0, 0.05) is 18.4 Å². The minimum Gasteiger partial charge on any atom is -0.326 e. The second-order valence-electron chi connectivity index (χ2n) is 6.46. The van der Waals surface area contributed by atoms with Crippen LogP contribution in [0.3, 0.4) is 0 Å². The average molecular weight is 449 g/mol. The normalized spacial score (nSPS) is 11.2. The summed E-state index contributed by atoms with van der Waals surface area (Å²) in [5.41, 5.74) is -0.136. The summed E-state index contributed by atoms with van der Waals surface area (Å²) >= 11 is 1.15. The number of rotatable bonds is 7. The van der Waals surface area contributed by atoms with Crippen LogP contribution in [0.1, 0.15) is 11.4 Å². The first-order chi connectivity index (χ1) is 14.7. The minimum absolute atomic E-state index is 0.0363. The SMILES string of the molecule is Cn1c(CC(=O)Nc2cccc(C(F)(F)F)c2)nnc1SCC(=O)Nc1ccccc1. The Morgan fingerprint density at radius 3 is 2.35 bits per heavy atom. The third-order valence-corrected chi connectivity index (χ3v) is 5.13. The summed E-state index contributed by atoms with van der Waals surface area (Å²) in [7, 11) is 1.64. The number of anilines is 2. The van der Waals surface area contributed by atoms with Crippen LogP contribution in [0.15, 0.2) is 59.8 Å². The summed E-state index contributed by atoms with van der Waals surface area (Å²) in [5.74, 6) is -0.344. The number of para-hydroxylation sites is 1. The second-order valence-corrected chi connectivity index (χ2v) is 7.41. The maximum atomic E-state index is 12.8. The van der Waals surface area contributed by atoms with Gasteiger partial charge in [0.05, 0.1) is 17.7 Å². The van der Waals surface area contributed by atoms with Crippen LogP contribution in [0.25, 0.3) is 0 Å². The molecule has 0 spiro atoms. The molecule has 0 radical (unpaired) electrons. The summed E-state index contributed by atoms with van der Waals surface area (Å²) in [5, 5.41) is 13.5. The van der Waals surface area contributed by atoms with Crippen LogP contribution in [-0.2, 0) is 29.2 Å². The third-order valence-electron chi connectivity index (χ3n) is 4.11. The van der Waals surface area contributed by atoms with Crippen LogP contribution in [0.5, 0.6) is 0 Å². The molecule has 0 atom stereocenters. The Balaban J connectivity index is 1.55. The lowest BCUT2D eigenvalue weighted by atomic mass is 10.2. The molecule has 3 rings (SSSR count). The lowest BCUT2D eigenvalue weighted by Gasteiger charge is -2.10. The maximum absolute atomic E-state index is 12.8. The van der Waals surface area contributed by atoms with Crippen LogP contribution in [-0.4, -0.2) is 32.3 Å². The first-order valence-corrected chi connectivity index (χ1v) is 10.0. The number of benzene rings is 2. The topological polar surface area (TPSA) is 88.9 Å². The van der Waals surface area contributed by atoms with Crippen molar-refractivity contribution in [2.75, 3.05) is 16.4 Å². The first kappa shape index (κ1) is 22.3. The van der Waals surface area contributed by atoms with Crippen LogP contribution in [0.2, 0.25) is 0 Å². The molecule has 3 aromatic rings. The van der Waals surface area contributed by atoms with E-state index in [1.54, 1.807) is 23.7 Å². The van der Waals surface area contributed by atoms with Gasteiger partial charge < -0.3 is 15.2 Å². The van der Waals surface area contributed by atoms with Gasteiger partial charge in [-0.2, -0.15) is 13.2 Å². The Morgan fingerprint density at radius 2 is 1.65 bits per heavy atom. The molecule has 0 unspecified atom stereocenters. The van der Waals surface area contributed by atoms with Crippen molar-refractivity contribution in [1.82, 2.24) is 14.8 Å². The largest absolute Gasteiger partial charge is 0.416 e. The van der Waals surface area contributed by atoms with Gasteiger partial charge in [-0.1, -0.05) is 36.0 Å². The number of nitrogens with one attached hydrogen (secondary N) is 2. The number of aromatic nitrogens is 3. The van der Waals surface area contributed by atoms with E-state index in [-0.39, 0.29) is 23.8 Å². The fraction of sp³-hybridized carbons (Fsp3) is 0.200. The molecule has 11 heteroatoms. The molecular weight excluding hydrogens is 431 g/mol. The monoisotopic (exact) mass is 449 g/mol. The Hall–Kier alpha value is -3.34. The molecule has 162 valence electrons. The van der Waals surface area contributed by atoms with Crippen LogP contribution in [0, 0.1) is 0 Å². The van der Waals surface area contributed by atoms with E-state index in [1.165, 1.54) is 12.1 Å². The predicted octanol–water partition coefficient (Wildman–Crippen LogP) is 3.75. The maximum Gasteiger partial charge on any atom is 0.416 e. The van der Waals surface area contributed by atoms with Gasteiger partial charge in [0.15, 0.2) is 5.16 Å². The number of hydrogen-bond donors (Lipinski definition) is 2. The van der Waals surface area contributed by atoms with E-state index in [1.807, 2.05) is 18.2 Å². The Kier molecular flexibility index (Phi) is 6.95. The van der Waals surface area contributed by atoms with E-state index in [0.29, 0.717) is 16.7 Å². The molecule has 0 aliphatic carbocycles. The molecule has 1 aromatic heterocycles. The number of thioether (sulfide) groups is 1. The van der Waals surface area contributed by atoms with Gasteiger partial charge in [-0.3, -0.25) is 9.59 Å². The molecule has 2 amide bonds. The summed E-state index contributed by atoms with van der Waals surface area (Å²) in [6, 6.07) is 13.4. The number of halogens is 3. The molecule has 0 saturated carbocycles. The average Bonchev–Trinajstić information content (AvgIpc) is 3.06. The highest BCUT2D eigenvalue weighted by Crippen LogP contribution is 2.30. The molecule has 0 bridgehead atoms. The van der Waals surface area contributed by atoms with E-state index in [4.69, 9.17) is 0 Å². The number of nitrogens with zero attached hydrogens (tertiary/aromatic N) is 3. The highest BCUT2D eigenvalue weighted by molar-refractivity contribution is 7.99. The summed E-state index contributed by atoms with van der Waals surface area (Å²) < 4.78 is 39.9. The zero-order valence-corrected chi connectivity index (χ0v) is 17.1. The molecule has 2 aromatic carbocycles. The second kappa shape index (κ2) is 9.65. The highest BCUT2D eigenvalue weighted by Gasteiger charge is 2.30. The van der Waals surface area contributed by atoms with Crippen LogP contribution in [0.4, 0.5) is 24.5 Å². The van der Waals surface area contributed by atoms with E-state index in [2.05, 4.69) is 20.8 Å². The van der Waals surface area contributed by atoms with Crippen molar-refractivity contribution in [1.29, 1.82) is 0 Å². The van der Waals surface area contributed by atoms with Gasteiger partial charge in [-0.15, -0.1) is 10.2 Å². The molecule has 31 heavy (non-hydrogen) atoms. The number of carbonyl (C=O) groups is 2. The van der Waals surface area contributed by atoms with Gasteiger partial charge in [-0.25, -0.2) is 0 Å². The van der Waals surface area contributed by atoms with Gasteiger partial charge >= 0.3 is 6.18 Å². The van der Waals surface area contributed by atoms with Crippen molar-refractivity contribution >= 4 is 35.0 Å². The summed E-state index contributed by atoms with van der Waals surface area (Å²) in [6.45, 7) is 0. The molecule has 7 nitrogen and oxygen atoms in total. The smallest absolute Gasteiger partial charge is 0.326 e. The van der Waals surface area contributed by atoms with Crippen molar-refractivity contribution < 1.29 is 22.8 Å². The first-order valence-electron chi connectivity index (χ1n) is 9.05. The van der Waals surface area contributed by atoms with E-state index >= 15 is 0 Å². The number of amides is 2. The highest BCUT2D eigenvalue weighted by atomic mass is 32.2. The number of carbonyl (C=O) groups excluding carboxylic acids is 2. The van der Waals surface area contributed by atoms with Crippen molar-refractivity contribution in [2.24, 2.45) is 7.05 Å². The summed E-state index contributed by atoms with van der Waals surface area (Å²) in [4.78, 5) is 24.3. The Labute approximate surface area is 180 Å². The van der Waals surface area contributed by atoms with Crippen molar-refractivity contribution in [3.63, 3.8) is 0 Å².